The van der Waals surface area contributed by atoms with Gasteiger partial charge in [0.1, 0.15) is 6.10 Å². The maximum Gasteiger partial charge on any atom is 0.329 e. The molecule has 1 aliphatic heterocycles. The molecule has 1 fully saturated rings. The third-order valence-electron chi connectivity index (χ3n) is 3.58. The Balaban J connectivity index is 2.65. The molecule has 1 atom stereocenters. The van der Waals surface area contributed by atoms with Crippen molar-refractivity contribution in [2.75, 3.05) is 26.7 Å². The van der Waals surface area contributed by atoms with Crippen molar-refractivity contribution < 1.29 is 24.9 Å². The smallest absolute Gasteiger partial charge is 0.329 e. The quantitative estimate of drug-likeness (QED) is 0.466. The Morgan fingerprint density at radius 3 is 2.47 bits per heavy atom. The first kappa shape index (κ1) is 15.6. The van der Waals surface area contributed by atoms with E-state index in [1.54, 1.807) is 0 Å². The minimum atomic E-state index is -1.36. The lowest BCUT2D eigenvalue weighted by molar-refractivity contribution is -0.141. The highest BCUT2D eigenvalue weighted by Gasteiger charge is 2.43. The highest BCUT2D eigenvalue weighted by molar-refractivity contribution is 5.84. The van der Waals surface area contributed by atoms with Crippen LogP contribution in [0.5, 0.6) is 0 Å². The van der Waals surface area contributed by atoms with Gasteiger partial charge in [-0.2, -0.15) is 0 Å². The van der Waals surface area contributed by atoms with Crippen molar-refractivity contribution in [3.8, 4) is 0 Å². The summed E-state index contributed by atoms with van der Waals surface area (Å²) in [6, 6.07) is 0. The third kappa shape index (κ3) is 4.02. The van der Waals surface area contributed by atoms with E-state index in [-0.39, 0.29) is 6.61 Å². The van der Waals surface area contributed by atoms with Crippen molar-refractivity contribution in [1.82, 2.24) is 10.2 Å². The molecule has 7 nitrogen and oxygen atoms in total. The zero-order valence-electron chi connectivity index (χ0n) is 10.9. The molecule has 1 rings (SSSR count). The molecule has 1 aliphatic rings. The van der Waals surface area contributed by atoms with Crippen LogP contribution in [0.15, 0.2) is 12.3 Å². The molecule has 0 radical (unpaired) electrons. The average Bonchev–Trinajstić information content (AvgIpc) is 2.38. The SMILES string of the molecule is CN1CCC(CO)(C(O)C(=O)N/C=C/C(=O)O)CC1. The molecule has 108 valence electrons. The molecule has 1 amide bonds. The van der Waals surface area contributed by atoms with E-state index < -0.39 is 23.4 Å². The fourth-order valence-electron chi connectivity index (χ4n) is 2.13. The maximum atomic E-state index is 11.7. The summed E-state index contributed by atoms with van der Waals surface area (Å²) in [5, 5.41) is 30.2. The number of hydrogen-bond donors (Lipinski definition) is 4. The zero-order chi connectivity index (χ0) is 14.5. The number of hydrogen-bond acceptors (Lipinski definition) is 5. The van der Waals surface area contributed by atoms with Crippen molar-refractivity contribution in [2.45, 2.75) is 18.9 Å². The molecule has 4 N–H and O–H groups in total. The Morgan fingerprint density at radius 1 is 1.42 bits per heavy atom. The van der Waals surface area contributed by atoms with Crippen molar-refractivity contribution in [3.63, 3.8) is 0 Å². The number of aliphatic carboxylic acids is 1. The molecule has 0 aromatic rings. The van der Waals surface area contributed by atoms with E-state index in [2.05, 4.69) is 10.2 Å². The first-order valence-corrected chi connectivity index (χ1v) is 6.08. The Kier molecular flexibility index (Phi) is 5.46. The zero-order valence-corrected chi connectivity index (χ0v) is 10.9. The lowest BCUT2D eigenvalue weighted by Gasteiger charge is -2.41. The summed E-state index contributed by atoms with van der Waals surface area (Å²) in [6.07, 6.45) is 1.40. The summed E-state index contributed by atoms with van der Waals surface area (Å²) in [5.74, 6) is -1.89. The van der Waals surface area contributed by atoms with Crippen LogP contribution in [0.25, 0.3) is 0 Å². The summed E-state index contributed by atoms with van der Waals surface area (Å²) in [7, 11) is 1.93. The van der Waals surface area contributed by atoms with Crippen LogP contribution in [0, 0.1) is 5.41 Å². The molecule has 0 spiro atoms. The van der Waals surface area contributed by atoms with E-state index >= 15 is 0 Å². The number of likely N-dealkylation sites (tertiary alicyclic amines) is 1. The molecule has 0 saturated carbocycles. The molecular formula is C12H20N2O5. The van der Waals surface area contributed by atoms with Gasteiger partial charge in [0.2, 0.25) is 0 Å². The van der Waals surface area contributed by atoms with E-state index in [4.69, 9.17) is 5.11 Å². The number of rotatable bonds is 5. The number of amides is 1. The second-order valence-corrected chi connectivity index (χ2v) is 4.91. The van der Waals surface area contributed by atoms with E-state index in [0.717, 1.165) is 12.3 Å². The van der Waals surface area contributed by atoms with Crippen molar-refractivity contribution in [2.24, 2.45) is 5.41 Å². The van der Waals surface area contributed by atoms with Gasteiger partial charge in [0.15, 0.2) is 0 Å². The predicted octanol–water partition coefficient (Wildman–Crippen LogP) is -1.23. The molecule has 19 heavy (non-hydrogen) atoms. The summed E-state index contributed by atoms with van der Waals surface area (Å²) < 4.78 is 0. The lowest BCUT2D eigenvalue weighted by atomic mass is 9.74. The van der Waals surface area contributed by atoms with Gasteiger partial charge in [-0.05, 0) is 33.0 Å². The molecule has 0 bridgehead atoms. The molecule has 1 heterocycles. The highest BCUT2D eigenvalue weighted by Crippen LogP contribution is 2.34. The summed E-state index contributed by atoms with van der Waals surface area (Å²) in [5.41, 5.74) is -0.854. The van der Waals surface area contributed by atoms with Crippen LogP contribution in [0.3, 0.4) is 0 Å². The van der Waals surface area contributed by atoms with Crippen LogP contribution < -0.4 is 5.32 Å². The molecule has 1 saturated heterocycles. The molecule has 1 unspecified atom stereocenters. The number of carboxylic acid groups (broad SMARTS) is 1. The van der Waals surface area contributed by atoms with E-state index in [1.165, 1.54) is 0 Å². The minimum Gasteiger partial charge on any atom is -0.478 e. The number of nitrogens with zero attached hydrogens (tertiary/aromatic N) is 1. The van der Waals surface area contributed by atoms with Gasteiger partial charge in [-0.3, -0.25) is 4.79 Å². The normalized spacial score (nSPS) is 21.2. The van der Waals surface area contributed by atoms with E-state index in [1.807, 2.05) is 7.05 Å². The molecule has 0 aromatic heterocycles. The number of nitrogens with one attached hydrogen (secondary N) is 1. The summed E-state index contributed by atoms with van der Waals surface area (Å²) in [6.45, 7) is 1.10. The van der Waals surface area contributed by atoms with Crippen LogP contribution in [-0.2, 0) is 9.59 Å². The highest BCUT2D eigenvalue weighted by atomic mass is 16.4. The molecular weight excluding hydrogens is 252 g/mol. The Labute approximate surface area is 111 Å². The van der Waals surface area contributed by atoms with E-state index in [0.29, 0.717) is 25.9 Å². The lowest BCUT2D eigenvalue weighted by Crippen LogP contribution is -2.52. The predicted molar refractivity (Wildman–Crippen MR) is 67.2 cm³/mol. The topological polar surface area (TPSA) is 110 Å². The molecule has 0 aliphatic carbocycles. The van der Waals surface area contributed by atoms with Gasteiger partial charge in [-0.25, -0.2) is 4.79 Å². The third-order valence-corrected chi connectivity index (χ3v) is 3.58. The van der Waals surface area contributed by atoms with Crippen molar-refractivity contribution >= 4 is 11.9 Å². The van der Waals surface area contributed by atoms with Gasteiger partial charge in [-0.15, -0.1) is 0 Å². The first-order valence-electron chi connectivity index (χ1n) is 6.08. The van der Waals surface area contributed by atoms with Gasteiger partial charge >= 0.3 is 5.97 Å². The number of piperidine rings is 1. The summed E-state index contributed by atoms with van der Waals surface area (Å²) >= 11 is 0. The number of carbonyl (C=O) groups excluding carboxylic acids is 1. The van der Waals surface area contributed by atoms with Gasteiger partial charge < -0.3 is 25.5 Å². The monoisotopic (exact) mass is 272 g/mol. The van der Waals surface area contributed by atoms with Gasteiger partial charge in [-0.1, -0.05) is 0 Å². The summed E-state index contributed by atoms with van der Waals surface area (Å²) in [4.78, 5) is 24.1. The molecule has 0 aromatic carbocycles. The fraction of sp³-hybridized carbons (Fsp3) is 0.667. The second-order valence-electron chi connectivity index (χ2n) is 4.91. The van der Waals surface area contributed by atoms with Crippen LogP contribution in [0.2, 0.25) is 0 Å². The average molecular weight is 272 g/mol. The van der Waals surface area contributed by atoms with Crippen LogP contribution in [0.1, 0.15) is 12.8 Å². The van der Waals surface area contributed by atoms with Gasteiger partial charge in [0, 0.05) is 17.7 Å². The van der Waals surface area contributed by atoms with Crippen molar-refractivity contribution in [1.29, 1.82) is 0 Å². The van der Waals surface area contributed by atoms with Crippen LogP contribution in [0.4, 0.5) is 0 Å². The van der Waals surface area contributed by atoms with Crippen molar-refractivity contribution in [3.05, 3.63) is 12.3 Å². The van der Waals surface area contributed by atoms with Crippen LogP contribution in [-0.4, -0.2) is 64.9 Å². The Hall–Kier alpha value is -1.44. The molecule has 7 heteroatoms. The van der Waals surface area contributed by atoms with Crippen LogP contribution >= 0.6 is 0 Å². The maximum absolute atomic E-state index is 11.7. The Bertz CT molecular complexity index is 361. The standard InChI is InChI=1S/C12H20N2O5/c1-14-6-3-12(8-15,4-7-14)10(18)11(19)13-5-2-9(16)17/h2,5,10,15,18H,3-4,6-8H2,1H3,(H,13,19)(H,16,17)/b5-2+. The first-order chi connectivity index (χ1) is 8.91. The number of aliphatic hydroxyl groups is 2. The van der Waals surface area contributed by atoms with Gasteiger partial charge in [0.05, 0.1) is 6.61 Å². The Morgan fingerprint density at radius 2 is 2.00 bits per heavy atom. The largest absolute Gasteiger partial charge is 0.478 e. The van der Waals surface area contributed by atoms with E-state index in [9.17, 15) is 19.8 Å². The minimum absolute atomic E-state index is 0.280. The second kappa shape index (κ2) is 6.65. The number of carbonyl (C=O) groups is 2. The number of carboxylic acids is 1. The number of aliphatic hydroxyl groups excluding tert-OH is 2. The fourth-order valence-corrected chi connectivity index (χ4v) is 2.13. The van der Waals surface area contributed by atoms with Gasteiger partial charge in [0.25, 0.3) is 5.91 Å².